The molecule has 0 fully saturated rings. The van der Waals surface area contributed by atoms with Crippen LogP contribution in [-0.2, 0) is 15.6 Å². The summed E-state index contributed by atoms with van der Waals surface area (Å²) in [4.78, 5) is 24.2. The van der Waals surface area contributed by atoms with Gasteiger partial charge in [-0.05, 0) is 23.8 Å². The molecule has 1 N–H and O–H groups in total. The van der Waals surface area contributed by atoms with Crippen molar-refractivity contribution in [3.05, 3.63) is 61.1 Å². The molecule has 1 aromatic carbocycles. The summed E-state index contributed by atoms with van der Waals surface area (Å²) < 4.78 is 37.1. The minimum absolute atomic E-state index is 0.145. The van der Waals surface area contributed by atoms with Gasteiger partial charge in [-0.3, -0.25) is 14.3 Å². The van der Waals surface area contributed by atoms with Crippen LogP contribution in [0.15, 0.2) is 43.4 Å². The standard InChI is InChI=1S/C11H7BrClFN2O4S/c12-8-2-1-7(14)3-6(8)4-16-5-9(21(13,19)20)10(17)15-11(16)18/h1-3,5H,4H2,(H,15,17,18). The van der Waals surface area contributed by atoms with E-state index in [1.807, 2.05) is 4.98 Å². The fourth-order valence-electron chi connectivity index (χ4n) is 1.63. The summed E-state index contributed by atoms with van der Waals surface area (Å²) in [5.74, 6) is -0.518. The van der Waals surface area contributed by atoms with E-state index < -0.39 is 31.0 Å². The Labute approximate surface area is 130 Å². The average Bonchev–Trinajstić information content (AvgIpc) is 2.35. The van der Waals surface area contributed by atoms with Crippen molar-refractivity contribution in [1.29, 1.82) is 0 Å². The minimum Gasteiger partial charge on any atom is -0.295 e. The highest BCUT2D eigenvalue weighted by Crippen LogP contribution is 2.18. The zero-order valence-corrected chi connectivity index (χ0v) is 13.3. The SMILES string of the molecule is O=c1[nH]c(=O)n(Cc2cc(F)ccc2Br)cc1S(=O)(=O)Cl. The third-order valence-electron chi connectivity index (χ3n) is 2.59. The Kier molecular flexibility index (Phi) is 4.35. The largest absolute Gasteiger partial charge is 0.328 e. The van der Waals surface area contributed by atoms with Crippen LogP contribution in [0.5, 0.6) is 0 Å². The molecule has 0 bridgehead atoms. The van der Waals surface area contributed by atoms with Crippen molar-refractivity contribution in [2.24, 2.45) is 0 Å². The summed E-state index contributed by atoms with van der Waals surface area (Å²) >= 11 is 3.19. The Bertz CT molecular complexity index is 923. The van der Waals surface area contributed by atoms with E-state index in [1.165, 1.54) is 18.2 Å². The molecular weight excluding hydrogens is 391 g/mol. The number of H-pyrrole nitrogens is 1. The van der Waals surface area contributed by atoms with E-state index in [9.17, 15) is 22.4 Å². The number of aromatic nitrogens is 2. The number of hydrogen-bond donors (Lipinski definition) is 1. The number of halogens is 3. The summed E-state index contributed by atoms with van der Waals surface area (Å²) in [6.45, 7) is -0.145. The van der Waals surface area contributed by atoms with Gasteiger partial charge in [0.05, 0.1) is 6.54 Å². The second kappa shape index (κ2) is 5.74. The zero-order valence-electron chi connectivity index (χ0n) is 10.1. The minimum atomic E-state index is -4.30. The van der Waals surface area contributed by atoms with Crippen molar-refractivity contribution in [2.75, 3.05) is 0 Å². The summed E-state index contributed by atoms with van der Waals surface area (Å²) in [5, 5.41) is 0. The molecule has 10 heteroatoms. The average molecular weight is 398 g/mol. The second-order valence-electron chi connectivity index (χ2n) is 4.05. The van der Waals surface area contributed by atoms with Gasteiger partial charge in [-0.15, -0.1) is 0 Å². The van der Waals surface area contributed by atoms with Crippen LogP contribution in [-0.4, -0.2) is 18.0 Å². The molecule has 0 amide bonds. The normalized spacial score (nSPS) is 11.6. The van der Waals surface area contributed by atoms with Crippen LogP contribution in [0, 0.1) is 5.82 Å². The Hall–Kier alpha value is -1.45. The third-order valence-corrected chi connectivity index (χ3v) is 4.68. The number of nitrogens with one attached hydrogen (secondary N) is 1. The van der Waals surface area contributed by atoms with E-state index >= 15 is 0 Å². The zero-order chi connectivity index (χ0) is 15.8. The molecule has 112 valence electrons. The summed E-state index contributed by atoms with van der Waals surface area (Å²) in [5.41, 5.74) is -1.55. The van der Waals surface area contributed by atoms with E-state index in [-0.39, 0.29) is 6.54 Å². The quantitative estimate of drug-likeness (QED) is 0.793. The Balaban J connectivity index is 2.58. The van der Waals surface area contributed by atoms with Crippen LogP contribution in [0.4, 0.5) is 4.39 Å². The van der Waals surface area contributed by atoms with Crippen molar-refractivity contribution in [3.63, 3.8) is 0 Å². The Morgan fingerprint density at radius 3 is 2.62 bits per heavy atom. The van der Waals surface area contributed by atoms with Gasteiger partial charge in [0.25, 0.3) is 14.6 Å². The third kappa shape index (κ3) is 3.60. The lowest BCUT2D eigenvalue weighted by molar-refractivity contribution is 0.601. The van der Waals surface area contributed by atoms with Crippen molar-refractivity contribution in [2.45, 2.75) is 11.4 Å². The van der Waals surface area contributed by atoms with Crippen LogP contribution in [0.25, 0.3) is 0 Å². The van der Waals surface area contributed by atoms with Crippen LogP contribution in [0.2, 0.25) is 0 Å². The first-order chi connectivity index (χ1) is 9.68. The van der Waals surface area contributed by atoms with Gasteiger partial charge in [-0.2, -0.15) is 0 Å². The smallest absolute Gasteiger partial charge is 0.295 e. The van der Waals surface area contributed by atoms with Gasteiger partial charge in [-0.25, -0.2) is 17.6 Å². The lowest BCUT2D eigenvalue weighted by Crippen LogP contribution is -2.32. The van der Waals surface area contributed by atoms with Gasteiger partial charge in [0.2, 0.25) is 0 Å². The van der Waals surface area contributed by atoms with Gasteiger partial charge in [0, 0.05) is 21.4 Å². The highest BCUT2D eigenvalue weighted by Gasteiger charge is 2.17. The number of benzene rings is 1. The monoisotopic (exact) mass is 396 g/mol. The van der Waals surface area contributed by atoms with E-state index in [0.29, 0.717) is 10.0 Å². The maximum absolute atomic E-state index is 13.2. The number of hydrogen-bond acceptors (Lipinski definition) is 4. The summed E-state index contributed by atoms with van der Waals surface area (Å²) in [6.07, 6.45) is 0.820. The number of aromatic amines is 1. The summed E-state index contributed by atoms with van der Waals surface area (Å²) in [7, 11) is 0.815. The van der Waals surface area contributed by atoms with E-state index in [0.717, 1.165) is 10.8 Å². The van der Waals surface area contributed by atoms with Crippen LogP contribution >= 0.6 is 26.6 Å². The predicted octanol–water partition coefficient (Wildman–Crippen LogP) is 1.41. The molecule has 21 heavy (non-hydrogen) atoms. The van der Waals surface area contributed by atoms with Crippen molar-refractivity contribution in [3.8, 4) is 0 Å². The molecule has 6 nitrogen and oxygen atoms in total. The number of rotatable bonds is 3. The molecule has 0 saturated heterocycles. The topological polar surface area (TPSA) is 89.0 Å². The molecule has 2 rings (SSSR count). The van der Waals surface area contributed by atoms with E-state index in [2.05, 4.69) is 15.9 Å². The fourth-order valence-corrected chi connectivity index (χ4v) is 2.86. The van der Waals surface area contributed by atoms with Crippen molar-refractivity contribution in [1.82, 2.24) is 9.55 Å². The molecule has 0 aliphatic heterocycles. The van der Waals surface area contributed by atoms with Gasteiger partial charge < -0.3 is 0 Å². The molecule has 0 unspecified atom stereocenters. The van der Waals surface area contributed by atoms with Gasteiger partial charge in [-0.1, -0.05) is 15.9 Å². The highest BCUT2D eigenvalue weighted by molar-refractivity contribution is 9.10. The maximum Gasteiger partial charge on any atom is 0.328 e. The lowest BCUT2D eigenvalue weighted by Gasteiger charge is -2.08. The first-order valence-corrected chi connectivity index (χ1v) is 8.51. The maximum atomic E-state index is 13.2. The van der Waals surface area contributed by atoms with Crippen LogP contribution in [0.1, 0.15) is 5.56 Å². The van der Waals surface area contributed by atoms with Crippen LogP contribution in [0.3, 0.4) is 0 Å². The molecule has 0 atom stereocenters. The van der Waals surface area contributed by atoms with E-state index in [1.54, 1.807) is 0 Å². The van der Waals surface area contributed by atoms with Crippen molar-refractivity contribution >= 4 is 35.7 Å². The predicted molar refractivity (Wildman–Crippen MR) is 77.6 cm³/mol. The van der Waals surface area contributed by atoms with Gasteiger partial charge >= 0.3 is 5.69 Å². The molecule has 0 spiro atoms. The summed E-state index contributed by atoms with van der Waals surface area (Å²) in [6, 6.07) is 3.84. The molecule has 1 aromatic heterocycles. The van der Waals surface area contributed by atoms with Crippen molar-refractivity contribution < 1.29 is 12.8 Å². The molecule has 1 heterocycles. The molecule has 0 aliphatic carbocycles. The molecule has 0 aliphatic rings. The molecule has 2 aromatic rings. The number of nitrogens with zero attached hydrogens (tertiary/aromatic N) is 1. The molecule has 0 saturated carbocycles. The molecule has 0 radical (unpaired) electrons. The second-order valence-corrected chi connectivity index (χ2v) is 7.44. The first kappa shape index (κ1) is 15.9. The fraction of sp³-hybridized carbons (Fsp3) is 0.0909. The van der Waals surface area contributed by atoms with E-state index in [4.69, 9.17) is 10.7 Å². The lowest BCUT2D eigenvalue weighted by atomic mass is 10.2. The molecular formula is C11H7BrClFN2O4S. The Morgan fingerprint density at radius 2 is 2.00 bits per heavy atom. The van der Waals surface area contributed by atoms with Gasteiger partial charge in [0.1, 0.15) is 5.82 Å². The highest BCUT2D eigenvalue weighted by atomic mass is 79.9. The Morgan fingerprint density at radius 1 is 1.33 bits per heavy atom. The van der Waals surface area contributed by atoms with Crippen LogP contribution < -0.4 is 11.2 Å². The first-order valence-electron chi connectivity index (χ1n) is 5.41. The van der Waals surface area contributed by atoms with Gasteiger partial charge in [0.15, 0.2) is 4.90 Å².